The van der Waals surface area contributed by atoms with Gasteiger partial charge in [0, 0.05) is 25.2 Å². The maximum Gasteiger partial charge on any atom is 0.231 e. The van der Waals surface area contributed by atoms with Gasteiger partial charge < -0.3 is 24.1 Å². The van der Waals surface area contributed by atoms with E-state index in [-0.39, 0.29) is 13.4 Å². The third-order valence-corrected chi connectivity index (χ3v) is 4.57. The molecule has 1 N–H and O–H groups in total. The quantitative estimate of drug-likeness (QED) is 0.855. The number of para-hydroxylation sites is 1. The second-order valence-electron chi connectivity index (χ2n) is 6.44. The Kier molecular flexibility index (Phi) is 5.24. The van der Waals surface area contributed by atoms with Crippen LogP contribution in [-0.4, -0.2) is 62.4 Å². The first kappa shape index (κ1) is 17.1. The predicted molar refractivity (Wildman–Crippen MR) is 96.8 cm³/mol. The topological polar surface area (TPSA) is 60.4 Å². The van der Waals surface area contributed by atoms with Crippen molar-refractivity contribution in [3.8, 4) is 28.4 Å². The van der Waals surface area contributed by atoms with E-state index in [0.29, 0.717) is 6.54 Å². The van der Waals surface area contributed by atoms with Crippen LogP contribution in [0.4, 0.5) is 0 Å². The van der Waals surface area contributed by atoms with Crippen molar-refractivity contribution in [1.82, 2.24) is 4.90 Å². The van der Waals surface area contributed by atoms with Crippen molar-refractivity contribution in [1.29, 1.82) is 0 Å². The maximum atomic E-state index is 10.3. The molecule has 1 atom stereocenters. The molecule has 138 valence electrons. The Hall–Kier alpha value is -2.28. The van der Waals surface area contributed by atoms with Gasteiger partial charge in [-0.2, -0.15) is 0 Å². The summed E-state index contributed by atoms with van der Waals surface area (Å²) in [6.07, 6.45) is -0.544. The number of hydrogen-bond acceptors (Lipinski definition) is 6. The van der Waals surface area contributed by atoms with Crippen LogP contribution in [0.2, 0.25) is 0 Å². The molecule has 0 radical (unpaired) electrons. The molecule has 2 aliphatic heterocycles. The molecule has 2 aliphatic rings. The minimum atomic E-state index is -0.544. The van der Waals surface area contributed by atoms with Crippen LogP contribution >= 0.6 is 0 Å². The molecule has 1 fully saturated rings. The Morgan fingerprint density at radius 3 is 2.73 bits per heavy atom. The third-order valence-electron chi connectivity index (χ3n) is 4.57. The molecule has 26 heavy (non-hydrogen) atoms. The first-order valence-corrected chi connectivity index (χ1v) is 8.89. The monoisotopic (exact) mass is 357 g/mol. The highest BCUT2D eigenvalue weighted by Gasteiger charge is 2.18. The van der Waals surface area contributed by atoms with Gasteiger partial charge in [-0.15, -0.1) is 0 Å². The van der Waals surface area contributed by atoms with E-state index in [1.165, 1.54) is 0 Å². The van der Waals surface area contributed by atoms with Gasteiger partial charge in [-0.3, -0.25) is 4.90 Å². The zero-order valence-electron chi connectivity index (χ0n) is 14.6. The number of aliphatic hydroxyl groups excluding tert-OH is 1. The molecule has 0 unspecified atom stereocenters. The number of hydrogen-bond donors (Lipinski definition) is 1. The zero-order valence-corrected chi connectivity index (χ0v) is 14.6. The van der Waals surface area contributed by atoms with E-state index in [9.17, 15) is 5.11 Å². The highest BCUT2D eigenvalue weighted by atomic mass is 16.7. The Labute approximate surface area is 152 Å². The van der Waals surface area contributed by atoms with Gasteiger partial charge in [0.05, 0.1) is 13.2 Å². The molecule has 4 rings (SSSR count). The lowest BCUT2D eigenvalue weighted by molar-refractivity contribution is 0.00471. The molecule has 2 aromatic carbocycles. The van der Waals surface area contributed by atoms with Gasteiger partial charge in [-0.25, -0.2) is 0 Å². The first-order valence-electron chi connectivity index (χ1n) is 8.89. The summed E-state index contributed by atoms with van der Waals surface area (Å²) in [6, 6.07) is 13.7. The Balaban J connectivity index is 1.42. The van der Waals surface area contributed by atoms with Crippen molar-refractivity contribution in [3.05, 3.63) is 42.5 Å². The van der Waals surface area contributed by atoms with Gasteiger partial charge in [0.2, 0.25) is 6.79 Å². The molecular formula is C20H23NO5. The van der Waals surface area contributed by atoms with Crippen LogP contribution in [0, 0.1) is 0 Å². The number of β-amino-alcohol motifs (C(OH)–C–C–N with tert-alkyl or cyclic N) is 1. The maximum absolute atomic E-state index is 10.3. The molecule has 6 heteroatoms. The Bertz CT molecular complexity index is 745. The largest absolute Gasteiger partial charge is 0.490 e. The van der Waals surface area contributed by atoms with E-state index in [0.717, 1.165) is 54.7 Å². The lowest BCUT2D eigenvalue weighted by Crippen LogP contribution is -2.42. The normalized spacial score (nSPS) is 17.9. The fraction of sp³-hybridized carbons (Fsp3) is 0.400. The second-order valence-corrected chi connectivity index (χ2v) is 6.44. The average molecular weight is 357 g/mol. The van der Waals surface area contributed by atoms with Crippen molar-refractivity contribution in [2.75, 3.05) is 46.2 Å². The molecule has 2 aromatic rings. The van der Waals surface area contributed by atoms with Crippen LogP contribution in [0.15, 0.2) is 42.5 Å². The molecule has 2 heterocycles. The Morgan fingerprint density at radius 1 is 1.04 bits per heavy atom. The molecular weight excluding hydrogens is 334 g/mol. The van der Waals surface area contributed by atoms with Crippen molar-refractivity contribution in [3.63, 3.8) is 0 Å². The summed E-state index contributed by atoms with van der Waals surface area (Å²) in [7, 11) is 0. The fourth-order valence-corrected chi connectivity index (χ4v) is 3.22. The van der Waals surface area contributed by atoms with Gasteiger partial charge in [-0.05, 0) is 23.8 Å². The minimum Gasteiger partial charge on any atom is -0.490 e. The van der Waals surface area contributed by atoms with Gasteiger partial charge in [0.15, 0.2) is 11.5 Å². The van der Waals surface area contributed by atoms with Crippen molar-refractivity contribution >= 4 is 0 Å². The summed E-state index contributed by atoms with van der Waals surface area (Å²) >= 11 is 0. The summed E-state index contributed by atoms with van der Waals surface area (Å²) in [5.74, 6) is 2.24. The van der Waals surface area contributed by atoms with Gasteiger partial charge in [-0.1, -0.05) is 24.3 Å². The fourth-order valence-electron chi connectivity index (χ4n) is 3.22. The standard InChI is InChI=1S/C20H23NO5/c22-16(12-21-7-9-23-10-8-21)13-24-18-4-2-1-3-17(18)15-5-6-19-20(11-15)26-14-25-19/h1-6,11,16,22H,7-10,12-14H2/t16-/m0/s1. The second kappa shape index (κ2) is 7.95. The smallest absolute Gasteiger partial charge is 0.231 e. The van der Waals surface area contributed by atoms with Crippen LogP contribution in [0.25, 0.3) is 11.1 Å². The third kappa shape index (κ3) is 3.93. The number of benzene rings is 2. The first-order chi connectivity index (χ1) is 12.8. The van der Waals surface area contributed by atoms with Crippen molar-refractivity contribution in [2.24, 2.45) is 0 Å². The molecule has 0 spiro atoms. The Morgan fingerprint density at radius 2 is 1.85 bits per heavy atom. The van der Waals surface area contributed by atoms with Crippen LogP contribution in [-0.2, 0) is 4.74 Å². The van der Waals surface area contributed by atoms with E-state index >= 15 is 0 Å². The lowest BCUT2D eigenvalue weighted by Gasteiger charge is -2.28. The summed E-state index contributed by atoms with van der Waals surface area (Å²) < 4.78 is 22.1. The number of fused-ring (bicyclic) bond motifs is 1. The zero-order chi connectivity index (χ0) is 17.8. The van der Waals surface area contributed by atoms with E-state index in [4.69, 9.17) is 18.9 Å². The number of aliphatic hydroxyl groups is 1. The summed E-state index contributed by atoms with van der Waals surface area (Å²) in [4.78, 5) is 2.20. The minimum absolute atomic E-state index is 0.249. The van der Waals surface area contributed by atoms with E-state index in [1.54, 1.807) is 0 Å². The summed E-state index contributed by atoms with van der Waals surface area (Å²) in [5, 5.41) is 10.3. The highest BCUT2D eigenvalue weighted by molar-refractivity contribution is 5.73. The molecule has 6 nitrogen and oxygen atoms in total. The molecule has 0 saturated carbocycles. The number of rotatable bonds is 6. The van der Waals surface area contributed by atoms with Crippen molar-refractivity contribution < 1.29 is 24.1 Å². The SMILES string of the molecule is O[C@H](COc1ccccc1-c1ccc2c(c1)OCO2)CN1CCOCC1. The van der Waals surface area contributed by atoms with Gasteiger partial charge in [0.1, 0.15) is 18.5 Å². The van der Waals surface area contributed by atoms with Crippen LogP contribution in [0.3, 0.4) is 0 Å². The van der Waals surface area contributed by atoms with Crippen LogP contribution < -0.4 is 14.2 Å². The molecule has 0 aromatic heterocycles. The van der Waals surface area contributed by atoms with Crippen molar-refractivity contribution in [2.45, 2.75) is 6.10 Å². The van der Waals surface area contributed by atoms with Crippen LogP contribution in [0.1, 0.15) is 0 Å². The van der Waals surface area contributed by atoms with Crippen LogP contribution in [0.5, 0.6) is 17.2 Å². The number of ether oxygens (including phenoxy) is 4. The van der Waals surface area contributed by atoms with Gasteiger partial charge in [0.25, 0.3) is 0 Å². The average Bonchev–Trinajstić information content (AvgIpc) is 3.15. The lowest BCUT2D eigenvalue weighted by atomic mass is 10.0. The molecule has 1 saturated heterocycles. The van der Waals surface area contributed by atoms with E-state index < -0.39 is 6.10 Å². The number of morpholine rings is 1. The highest BCUT2D eigenvalue weighted by Crippen LogP contribution is 2.38. The predicted octanol–water partition coefficient (Wildman–Crippen LogP) is 2.15. The molecule has 0 amide bonds. The summed E-state index contributed by atoms with van der Waals surface area (Å²) in [6.45, 7) is 4.25. The van der Waals surface area contributed by atoms with E-state index in [2.05, 4.69) is 4.90 Å². The molecule has 0 aliphatic carbocycles. The van der Waals surface area contributed by atoms with Gasteiger partial charge >= 0.3 is 0 Å². The summed E-state index contributed by atoms with van der Waals surface area (Å²) in [5.41, 5.74) is 1.96. The van der Waals surface area contributed by atoms with E-state index in [1.807, 2.05) is 42.5 Å². The number of nitrogens with zero attached hydrogens (tertiary/aromatic N) is 1. The molecule has 0 bridgehead atoms.